The summed E-state index contributed by atoms with van der Waals surface area (Å²) in [6, 6.07) is 20.0. The fourth-order valence-corrected chi connectivity index (χ4v) is 4.57. The fourth-order valence-electron chi connectivity index (χ4n) is 3.77. The van der Waals surface area contributed by atoms with Crippen molar-refractivity contribution in [1.29, 1.82) is 0 Å². The summed E-state index contributed by atoms with van der Waals surface area (Å²) < 4.78 is 1.60. The molecule has 1 heterocycles. The Morgan fingerprint density at radius 2 is 1.56 bits per heavy atom. The number of hydrogen-bond donors (Lipinski definition) is 2. The average Bonchev–Trinajstić information content (AvgIpc) is 2.79. The third kappa shape index (κ3) is 5.02. The number of rotatable bonds is 6. The highest BCUT2D eigenvalue weighted by Crippen LogP contribution is 2.25. The molecule has 0 unspecified atom stereocenters. The van der Waals surface area contributed by atoms with Crippen LogP contribution in [0, 0.1) is 13.8 Å². The van der Waals surface area contributed by atoms with Crippen LogP contribution in [0.2, 0.25) is 0 Å². The van der Waals surface area contributed by atoms with Crippen molar-refractivity contribution in [2.45, 2.75) is 25.9 Å². The quantitative estimate of drug-likeness (QED) is 0.314. The van der Waals surface area contributed by atoms with Gasteiger partial charge in [-0.1, -0.05) is 48.2 Å². The van der Waals surface area contributed by atoms with Crippen molar-refractivity contribution in [3.05, 3.63) is 88.2 Å². The number of aryl methyl sites for hydroxylation is 2. The topological polar surface area (TPSA) is 93.1 Å². The molecule has 172 valence electrons. The van der Waals surface area contributed by atoms with Crippen LogP contribution in [0.1, 0.15) is 18.1 Å². The molecular weight excluding hydrogens is 448 g/mol. The molecule has 0 aliphatic heterocycles. The molecule has 7 nitrogen and oxygen atoms in total. The van der Waals surface area contributed by atoms with Gasteiger partial charge in [0.15, 0.2) is 5.16 Å². The molecule has 0 bridgehead atoms. The first-order valence-electron chi connectivity index (χ1n) is 10.7. The van der Waals surface area contributed by atoms with Gasteiger partial charge >= 0.3 is 0 Å². The van der Waals surface area contributed by atoms with E-state index in [1.165, 1.54) is 18.7 Å². The number of nitrogens with one attached hydrogen (secondary N) is 2. The average molecular weight is 473 g/mol. The Balaban J connectivity index is 1.65. The van der Waals surface area contributed by atoms with Crippen molar-refractivity contribution in [1.82, 2.24) is 9.55 Å². The van der Waals surface area contributed by atoms with Gasteiger partial charge in [0.05, 0.1) is 22.3 Å². The van der Waals surface area contributed by atoms with E-state index < -0.39 is 0 Å². The monoisotopic (exact) mass is 472 g/mol. The maximum absolute atomic E-state index is 13.5. The number of benzene rings is 3. The van der Waals surface area contributed by atoms with Crippen molar-refractivity contribution in [3.8, 4) is 5.69 Å². The van der Waals surface area contributed by atoms with E-state index in [4.69, 9.17) is 4.98 Å². The number of amides is 2. The molecule has 2 N–H and O–H groups in total. The summed E-state index contributed by atoms with van der Waals surface area (Å²) in [5.74, 6) is -0.383. The molecule has 1 aromatic heterocycles. The summed E-state index contributed by atoms with van der Waals surface area (Å²) >= 11 is 1.20. The molecule has 0 aliphatic carbocycles. The van der Waals surface area contributed by atoms with Crippen LogP contribution in [0.3, 0.4) is 0 Å². The Hall–Kier alpha value is -3.91. The summed E-state index contributed by atoms with van der Waals surface area (Å²) in [5.41, 5.74) is 4.24. The number of nitrogens with zero attached hydrogens (tertiary/aromatic N) is 2. The van der Waals surface area contributed by atoms with Crippen molar-refractivity contribution in [3.63, 3.8) is 0 Å². The number of aromatic nitrogens is 2. The molecule has 0 spiro atoms. The second-order valence-corrected chi connectivity index (χ2v) is 8.83. The van der Waals surface area contributed by atoms with E-state index in [2.05, 4.69) is 10.6 Å². The Morgan fingerprint density at radius 3 is 2.26 bits per heavy atom. The van der Waals surface area contributed by atoms with Gasteiger partial charge < -0.3 is 10.6 Å². The van der Waals surface area contributed by atoms with Crippen LogP contribution in [0.15, 0.2) is 76.7 Å². The Bertz CT molecular complexity index is 1440. The van der Waals surface area contributed by atoms with Crippen LogP contribution in [-0.2, 0) is 9.59 Å². The van der Waals surface area contributed by atoms with E-state index >= 15 is 0 Å². The van der Waals surface area contributed by atoms with Crippen LogP contribution < -0.4 is 16.2 Å². The molecule has 0 atom stereocenters. The summed E-state index contributed by atoms with van der Waals surface area (Å²) in [7, 11) is 0. The number of fused-ring (bicyclic) bond motifs is 1. The smallest absolute Gasteiger partial charge is 0.266 e. The number of carbonyl (C=O) groups excluding carboxylic acids is 2. The highest BCUT2D eigenvalue weighted by molar-refractivity contribution is 7.99. The minimum atomic E-state index is -0.250. The van der Waals surface area contributed by atoms with Crippen molar-refractivity contribution in [2.75, 3.05) is 16.4 Å². The molecule has 0 aliphatic rings. The van der Waals surface area contributed by atoms with Crippen LogP contribution >= 0.6 is 11.8 Å². The maximum Gasteiger partial charge on any atom is 0.266 e. The van der Waals surface area contributed by atoms with Gasteiger partial charge in [0, 0.05) is 18.3 Å². The SMILES string of the molecule is CC(=O)Nc1cccc(NC(=O)CSc2nc3ccccc3c(=O)n2-c2c(C)cccc2C)c1. The third-order valence-corrected chi connectivity index (χ3v) is 6.15. The summed E-state index contributed by atoms with van der Waals surface area (Å²) in [4.78, 5) is 42.2. The molecule has 34 heavy (non-hydrogen) atoms. The van der Waals surface area contributed by atoms with Gasteiger partial charge in [-0.2, -0.15) is 0 Å². The van der Waals surface area contributed by atoms with Gasteiger partial charge in [-0.3, -0.25) is 19.0 Å². The number of thioether (sulfide) groups is 1. The zero-order valence-corrected chi connectivity index (χ0v) is 19.9. The molecule has 8 heteroatoms. The van der Waals surface area contributed by atoms with E-state index in [1.54, 1.807) is 41.0 Å². The van der Waals surface area contributed by atoms with Crippen LogP contribution in [-0.4, -0.2) is 27.1 Å². The van der Waals surface area contributed by atoms with Gasteiger partial charge in [-0.25, -0.2) is 4.98 Å². The number of carbonyl (C=O) groups is 2. The summed E-state index contributed by atoms with van der Waals surface area (Å²) in [6.07, 6.45) is 0. The zero-order valence-electron chi connectivity index (χ0n) is 19.1. The predicted octanol–water partition coefficient (Wildman–Crippen LogP) is 4.69. The van der Waals surface area contributed by atoms with Crippen LogP contribution in [0.25, 0.3) is 16.6 Å². The van der Waals surface area contributed by atoms with Gasteiger partial charge in [-0.05, 0) is 55.3 Å². The minimum Gasteiger partial charge on any atom is -0.326 e. The normalized spacial score (nSPS) is 10.8. The molecule has 4 aromatic rings. The lowest BCUT2D eigenvalue weighted by Crippen LogP contribution is -2.24. The summed E-state index contributed by atoms with van der Waals surface area (Å²) in [5, 5.41) is 6.49. The van der Waals surface area contributed by atoms with Crippen LogP contribution in [0.4, 0.5) is 11.4 Å². The van der Waals surface area contributed by atoms with E-state index in [0.717, 1.165) is 16.8 Å². The fraction of sp³-hybridized carbons (Fsp3) is 0.154. The second-order valence-electron chi connectivity index (χ2n) is 7.89. The number of anilines is 2. The predicted molar refractivity (Wildman–Crippen MR) is 137 cm³/mol. The van der Waals surface area contributed by atoms with Gasteiger partial charge in [0.1, 0.15) is 0 Å². The number of hydrogen-bond acceptors (Lipinski definition) is 5. The third-order valence-electron chi connectivity index (χ3n) is 5.21. The van der Waals surface area contributed by atoms with Crippen molar-refractivity contribution >= 4 is 45.9 Å². The standard InChI is InChI=1S/C26H24N4O3S/c1-16-8-6-9-17(2)24(16)30-25(33)21-12-4-5-13-22(21)29-26(30)34-15-23(32)28-20-11-7-10-19(14-20)27-18(3)31/h4-14H,15H2,1-3H3,(H,27,31)(H,28,32). The lowest BCUT2D eigenvalue weighted by molar-refractivity contribution is -0.114. The van der Waals surface area contributed by atoms with E-state index in [-0.39, 0.29) is 23.1 Å². The zero-order chi connectivity index (χ0) is 24.2. The molecule has 0 saturated heterocycles. The van der Waals surface area contributed by atoms with Crippen LogP contribution in [0.5, 0.6) is 0 Å². The van der Waals surface area contributed by atoms with Crippen molar-refractivity contribution < 1.29 is 9.59 Å². The first-order chi connectivity index (χ1) is 16.3. The van der Waals surface area contributed by atoms with Gasteiger partial charge in [0.25, 0.3) is 5.56 Å². The van der Waals surface area contributed by atoms with Gasteiger partial charge in [-0.15, -0.1) is 0 Å². The largest absolute Gasteiger partial charge is 0.326 e. The molecule has 0 radical (unpaired) electrons. The first-order valence-corrected chi connectivity index (χ1v) is 11.7. The molecule has 0 saturated carbocycles. The minimum absolute atomic E-state index is 0.0556. The first kappa shape index (κ1) is 23.3. The van der Waals surface area contributed by atoms with Crippen molar-refractivity contribution in [2.24, 2.45) is 0 Å². The van der Waals surface area contributed by atoms with E-state index in [9.17, 15) is 14.4 Å². The Morgan fingerprint density at radius 1 is 0.912 bits per heavy atom. The van der Waals surface area contributed by atoms with Gasteiger partial charge in [0.2, 0.25) is 11.8 Å². The molecule has 4 rings (SSSR count). The maximum atomic E-state index is 13.5. The highest BCUT2D eigenvalue weighted by atomic mass is 32.2. The molecule has 2 amide bonds. The second kappa shape index (κ2) is 9.93. The summed E-state index contributed by atoms with van der Waals surface area (Å²) in [6.45, 7) is 5.33. The molecule has 0 fully saturated rings. The molecular formula is C26H24N4O3S. The lowest BCUT2D eigenvalue weighted by Gasteiger charge is -2.17. The molecule has 3 aromatic carbocycles. The lowest BCUT2D eigenvalue weighted by atomic mass is 10.1. The highest BCUT2D eigenvalue weighted by Gasteiger charge is 2.17. The Labute approximate surface area is 201 Å². The Kier molecular flexibility index (Phi) is 6.79. The number of para-hydroxylation sites is 2. The van der Waals surface area contributed by atoms with E-state index in [0.29, 0.717) is 27.4 Å². The van der Waals surface area contributed by atoms with E-state index in [1.807, 2.05) is 44.2 Å².